The van der Waals surface area contributed by atoms with Crippen LogP contribution in [-0.4, -0.2) is 37.0 Å². The van der Waals surface area contributed by atoms with Gasteiger partial charge in [0, 0.05) is 24.2 Å². The van der Waals surface area contributed by atoms with Gasteiger partial charge < -0.3 is 24.8 Å². The largest absolute Gasteiger partial charge is 0.462 e. The highest BCUT2D eigenvalue weighted by Gasteiger charge is 2.12. The number of ether oxygens (including phenoxy) is 3. The SMILES string of the molecule is CC(C)COC(=O)c1ccc(NC(=O)COC(=O)CCCC(=O)Nc2ccc(Oc3ccccc3Cl)cc2)cc1. The Hall–Kier alpha value is -4.37. The summed E-state index contributed by atoms with van der Waals surface area (Å²) in [6.45, 7) is 3.74. The molecule has 0 saturated heterocycles. The van der Waals surface area contributed by atoms with Gasteiger partial charge in [0.15, 0.2) is 6.61 Å². The van der Waals surface area contributed by atoms with E-state index in [0.717, 1.165) is 0 Å². The summed E-state index contributed by atoms with van der Waals surface area (Å²) >= 11 is 6.09. The molecule has 210 valence electrons. The second-order valence-electron chi connectivity index (χ2n) is 9.24. The number of halogens is 1. The van der Waals surface area contributed by atoms with Crippen molar-refractivity contribution in [1.29, 1.82) is 0 Å². The predicted octanol–water partition coefficient (Wildman–Crippen LogP) is 6.24. The third-order valence-electron chi connectivity index (χ3n) is 5.30. The van der Waals surface area contributed by atoms with Crippen molar-refractivity contribution in [3.05, 3.63) is 83.4 Å². The molecule has 0 bridgehead atoms. The Morgan fingerprint density at radius 1 is 0.775 bits per heavy atom. The van der Waals surface area contributed by atoms with Crippen LogP contribution in [0.1, 0.15) is 43.5 Å². The molecule has 0 atom stereocenters. The van der Waals surface area contributed by atoms with Crippen LogP contribution >= 0.6 is 11.6 Å². The number of hydrogen-bond acceptors (Lipinski definition) is 7. The number of rotatable bonds is 13. The van der Waals surface area contributed by atoms with E-state index < -0.39 is 24.5 Å². The van der Waals surface area contributed by atoms with E-state index >= 15 is 0 Å². The van der Waals surface area contributed by atoms with Crippen molar-refractivity contribution in [3.63, 3.8) is 0 Å². The van der Waals surface area contributed by atoms with E-state index in [1.165, 1.54) is 12.1 Å². The van der Waals surface area contributed by atoms with Crippen LogP contribution in [0.25, 0.3) is 0 Å². The third kappa shape index (κ3) is 10.4. The van der Waals surface area contributed by atoms with E-state index in [4.69, 9.17) is 25.8 Å². The number of carbonyl (C=O) groups excluding carboxylic acids is 4. The van der Waals surface area contributed by atoms with Crippen LogP contribution in [-0.2, 0) is 23.9 Å². The average Bonchev–Trinajstić information content (AvgIpc) is 2.93. The molecule has 0 heterocycles. The van der Waals surface area contributed by atoms with Crippen LogP contribution in [0.5, 0.6) is 11.5 Å². The van der Waals surface area contributed by atoms with Gasteiger partial charge in [0.25, 0.3) is 5.91 Å². The maximum Gasteiger partial charge on any atom is 0.338 e. The van der Waals surface area contributed by atoms with E-state index in [-0.39, 0.29) is 31.1 Å². The van der Waals surface area contributed by atoms with Crippen LogP contribution in [0.15, 0.2) is 72.8 Å². The maximum absolute atomic E-state index is 12.2. The zero-order valence-electron chi connectivity index (χ0n) is 22.3. The Labute approximate surface area is 237 Å². The number of amides is 2. The van der Waals surface area contributed by atoms with Crippen molar-refractivity contribution < 1.29 is 33.4 Å². The molecular formula is C30H31ClN2O7. The molecule has 2 amide bonds. The second kappa shape index (κ2) is 15.3. The zero-order valence-corrected chi connectivity index (χ0v) is 23.0. The van der Waals surface area contributed by atoms with Gasteiger partial charge >= 0.3 is 11.9 Å². The topological polar surface area (TPSA) is 120 Å². The van der Waals surface area contributed by atoms with Gasteiger partial charge in [-0.05, 0) is 73.0 Å². The monoisotopic (exact) mass is 566 g/mol. The van der Waals surface area contributed by atoms with Crippen molar-refractivity contribution in [1.82, 2.24) is 0 Å². The molecule has 2 N–H and O–H groups in total. The average molecular weight is 567 g/mol. The number of esters is 2. The molecule has 40 heavy (non-hydrogen) atoms. The van der Waals surface area contributed by atoms with Crippen molar-refractivity contribution in [2.75, 3.05) is 23.8 Å². The number of benzene rings is 3. The summed E-state index contributed by atoms with van der Waals surface area (Å²) in [7, 11) is 0. The Morgan fingerprint density at radius 2 is 1.40 bits per heavy atom. The van der Waals surface area contributed by atoms with Gasteiger partial charge in [-0.3, -0.25) is 14.4 Å². The molecule has 0 spiro atoms. The van der Waals surface area contributed by atoms with Crippen LogP contribution in [0.4, 0.5) is 11.4 Å². The minimum absolute atomic E-state index is 0.0154. The van der Waals surface area contributed by atoms with E-state index in [1.54, 1.807) is 48.5 Å². The number of carbonyl (C=O) groups is 4. The lowest BCUT2D eigenvalue weighted by molar-refractivity contribution is -0.147. The zero-order chi connectivity index (χ0) is 28.9. The standard InChI is InChI=1S/C30H31ClN2O7/c1-20(2)18-39-30(37)21-10-12-22(13-11-21)33-28(35)19-38-29(36)9-5-8-27(34)32-23-14-16-24(17-15-23)40-26-7-4-3-6-25(26)31/h3-4,6-7,10-17,20H,5,8-9,18-19H2,1-2H3,(H,32,34)(H,33,35). The summed E-state index contributed by atoms with van der Waals surface area (Å²) in [6, 6.07) is 20.1. The molecule has 0 aromatic heterocycles. The fourth-order valence-corrected chi connectivity index (χ4v) is 3.48. The Morgan fingerprint density at radius 3 is 2.05 bits per heavy atom. The summed E-state index contributed by atoms with van der Waals surface area (Å²) in [5, 5.41) is 5.83. The van der Waals surface area contributed by atoms with Gasteiger partial charge in [-0.25, -0.2) is 4.79 Å². The van der Waals surface area contributed by atoms with Crippen molar-refractivity contribution in [3.8, 4) is 11.5 Å². The van der Waals surface area contributed by atoms with Gasteiger partial charge in [0.05, 0.1) is 17.2 Å². The lowest BCUT2D eigenvalue weighted by Gasteiger charge is -2.09. The van der Waals surface area contributed by atoms with Crippen LogP contribution in [0.3, 0.4) is 0 Å². The minimum Gasteiger partial charge on any atom is -0.462 e. The van der Waals surface area contributed by atoms with Gasteiger partial charge in [0.1, 0.15) is 11.5 Å². The Kier molecular flexibility index (Phi) is 11.5. The number of nitrogens with one attached hydrogen (secondary N) is 2. The van der Waals surface area contributed by atoms with Gasteiger partial charge in [-0.2, -0.15) is 0 Å². The molecule has 3 aromatic rings. The molecule has 0 unspecified atom stereocenters. The third-order valence-corrected chi connectivity index (χ3v) is 5.62. The minimum atomic E-state index is -0.590. The summed E-state index contributed by atoms with van der Waals surface area (Å²) in [6.07, 6.45) is 0.345. The molecule has 0 fully saturated rings. The molecule has 0 radical (unpaired) electrons. The van der Waals surface area contributed by atoms with E-state index in [2.05, 4.69) is 10.6 Å². The quantitative estimate of drug-likeness (QED) is 0.235. The summed E-state index contributed by atoms with van der Waals surface area (Å²) in [5.74, 6) is -0.492. The van der Waals surface area contributed by atoms with Crippen molar-refractivity contribution in [2.45, 2.75) is 33.1 Å². The molecule has 3 aromatic carbocycles. The first kappa shape index (κ1) is 30.2. The first-order valence-electron chi connectivity index (χ1n) is 12.7. The van der Waals surface area contributed by atoms with Crippen LogP contribution in [0.2, 0.25) is 5.02 Å². The second-order valence-corrected chi connectivity index (χ2v) is 9.64. The van der Waals surface area contributed by atoms with E-state index in [1.807, 2.05) is 26.0 Å². The predicted molar refractivity (Wildman–Crippen MR) is 152 cm³/mol. The number of para-hydroxylation sites is 1. The van der Waals surface area contributed by atoms with Crippen molar-refractivity contribution >= 4 is 46.7 Å². The van der Waals surface area contributed by atoms with Gasteiger partial charge in [-0.15, -0.1) is 0 Å². The lowest BCUT2D eigenvalue weighted by atomic mass is 10.2. The number of hydrogen-bond donors (Lipinski definition) is 2. The number of anilines is 2. The molecule has 0 aliphatic carbocycles. The van der Waals surface area contributed by atoms with E-state index in [0.29, 0.717) is 40.1 Å². The highest BCUT2D eigenvalue weighted by Crippen LogP contribution is 2.29. The summed E-state index contributed by atoms with van der Waals surface area (Å²) in [5.41, 5.74) is 1.39. The first-order valence-corrected chi connectivity index (χ1v) is 13.1. The lowest BCUT2D eigenvalue weighted by Crippen LogP contribution is -2.21. The molecule has 3 rings (SSSR count). The smallest absolute Gasteiger partial charge is 0.338 e. The molecule has 0 aliphatic rings. The fourth-order valence-electron chi connectivity index (χ4n) is 3.31. The van der Waals surface area contributed by atoms with Crippen molar-refractivity contribution in [2.24, 2.45) is 5.92 Å². The molecule has 0 aliphatic heterocycles. The Bertz CT molecular complexity index is 1310. The Balaban J connectivity index is 1.31. The van der Waals surface area contributed by atoms with Crippen LogP contribution < -0.4 is 15.4 Å². The maximum atomic E-state index is 12.2. The highest BCUT2D eigenvalue weighted by molar-refractivity contribution is 6.32. The highest BCUT2D eigenvalue weighted by atomic mass is 35.5. The summed E-state index contributed by atoms with van der Waals surface area (Å²) in [4.78, 5) is 48.2. The first-order chi connectivity index (χ1) is 19.2. The normalized spacial score (nSPS) is 10.5. The molecule has 9 nitrogen and oxygen atoms in total. The summed E-state index contributed by atoms with van der Waals surface area (Å²) < 4.78 is 15.9. The molecule has 10 heteroatoms. The molecular weight excluding hydrogens is 536 g/mol. The molecule has 0 saturated carbocycles. The van der Waals surface area contributed by atoms with Crippen LogP contribution in [0, 0.1) is 5.92 Å². The van der Waals surface area contributed by atoms with E-state index in [9.17, 15) is 19.2 Å². The fraction of sp³-hybridized carbons (Fsp3) is 0.267. The van der Waals surface area contributed by atoms with Gasteiger partial charge in [-0.1, -0.05) is 37.6 Å². The van der Waals surface area contributed by atoms with Gasteiger partial charge in [0.2, 0.25) is 5.91 Å².